The van der Waals surface area contributed by atoms with E-state index in [2.05, 4.69) is 17.2 Å². The number of benzene rings is 1. The van der Waals surface area contributed by atoms with Crippen LogP contribution in [0.1, 0.15) is 31.2 Å². The highest BCUT2D eigenvalue weighted by atomic mass is 19.1. The van der Waals surface area contributed by atoms with Gasteiger partial charge >= 0.3 is 6.09 Å². The van der Waals surface area contributed by atoms with Crippen molar-refractivity contribution in [2.24, 2.45) is 0 Å². The van der Waals surface area contributed by atoms with E-state index in [0.717, 1.165) is 19.3 Å². The van der Waals surface area contributed by atoms with Gasteiger partial charge in [0, 0.05) is 18.5 Å². The van der Waals surface area contributed by atoms with E-state index in [1.165, 1.54) is 0 Å². The molecule has 1 amide bonds. The summed E-state index contributed by atoms with van der Waals surface area (Å²) in [6.45, 7) is 1.99. The number of nitrogens with zero attached hydrogens (tertiary/aromatic N) is 1. The fourth-order valence-electron chi connectivity index (χ4n) is 1.98. The minimum atomic E-state index is -1.20. The number of aromatic nitrogens is 1. The fourth-order valence-corrected chi connectivity index (χ4v) is 1.98. The second-order valence-electron chi connectivity index (χ2n) is 4.69. The largest absolute Gasteiger partial charge is 0.465 e. The number of aryl methyl sites for hydroxylation is 1. The second kappa shape index (κ2) is 6.88. The van der Waals surface area contributed by atoms with E-state index in [0.29, 0.717) is 28.9 Å². The molecule has 0 aliphatic rings. The highest BCUT2D eigenvalue weighted by Crippen LogP contribution is 2.22. The average molecular weight is 292 g/mol. The van der Waals surface area contributed by atoms with Gasteiger partial charge < -0.3 is 14.8 Å². The molecule has 0 spiro atoms. The molecule has 6 heteroatoms. The van der Waals surface area contributed by atoms with Crippen LogP contribution in [0.25, 0.3) is 16.7 Å². The SMILES string of the molecule is CCCCc1nc2ccc(/C(=C/F)CNC(=O)O)cc2o1. The quantitative estimate of drug-likeness (QED) is 0.850. The Morgan fingerprint density at radius 1 is 1.52 bits per heavy atom. The molecule has 2 rings (SSSR count). The van der Waals surface area contributed by atoms with Crippen LogP contribution in [0.15, 0.2) is 28.9 Å². The van der Waals surface area contributed by atoms with Crippen molar-refractivity contribution in [2.75, 3.05) is 6.54 Å². The van der Waals surface area contributed by atoms with Crippen molar-refractivity contribution in [3.05, 3.63) is 36.0 Å². The van der Waals surface area contributed by atoms with Gasteiger partial charge in [-0.05, 0) is 24.1 Å². The van der Waals surface area contributed by atoms with Gasteiger partial charge in [0.2, 0.25) is 0 Å². The smallest absolute Gasteiger partial charge is 0.404 e. The van der Waals surface area contributed by atoms with Gasteiger partial charge in [-0.25, -0.2) is 14.2 Å². The zero-order valence-electron chi connectivity index (χ0n) is 11.7. The van der Waals surface area contributed by atoms with Crippen LogP contribution in [0.5, 0.6) is 0 Å². The van der Waals surface area contributed by atoms with Crippen LogP contribution in [-0.2, 0) is 6.42 Å². The molecule has 2 N–H and O–H groups in total. The molecule has 0 saturated carbocycles. The van der Waals surface area contributed by atoms with Crippen LogP contribution in [0.2, 0.25) is 0 Å². The van der Waals surface area contributed by atoms with Gasteiger partial charge in [0.25, 0.3) is 0 Å². The zero-order chi connectivity index (χ0) is 15.2. The number of nitrogens with one attached hydrogen (secondary N) is 1. The molecular weight excluding hydrogens is 275 g/mol. The number of rotatable bonds is 6. The first-order chi connectivity index (χ1) is 10.1. The van der Waals surface area contributed by atoms with E-state index >= 15 is 0 Å². The summed E-state index contributed by atoms with van der Waals surface area (Å²) < 4.78 is 18.6. The van der Waals surface area contributed by atoms with Crippen molar-refractivity contribution in [3.63, 3.8) is 0 Å². The molecule has 21 heavy (non-hydrogen) atoms. The van der Waals surface area contributed by atoms with E-state index in [4.69, 9.17) is 9.52 Å². The number of unbranched alkanes of at least 4 members (excludes halogenated alkanes) is 1. The summed E-state index contributed by atoms with van der Waals surface area (Å²) in [5.41, 5.74) is 2.10. The van der Waals surface area contributed by atoms with E-state index in [-0.39, 0.29) is 12.1 Å². The molecule has 0 fully saturated rings. The summed E-state index contributed by atoms with van der Waals surface area (Å²) >= 11 is 0. The Morgan fingerprint density at radius 2 is 2.33 bits per heavy atom. The Morgan fingerprint density at radius 3 is 3.00 bits per heavy atom. The molecule has 0 unspecified atom stereocenters. The molecule has 2 aromatic rings. The molecule has 112 valence electrons. The highest BCUT2D eigenvalue weighted by molar-refractivity contribution is 5.80. The lowest BCUT2D eigenvalue weighted by molar-refractivity contribution is 0.196. The molecule has 0 bridgehead atoms. The van der Waals surface area contributed by atoms with Gasteiger partial charge in [-0.2, -0.15) is 0 Å². The minimum Gasteiger partial charge on any atom is -0.465 e. The lowest BCUT2D eigenvalue weighted by Gasteiger charge is -2.05. The van der Waals surface area contributed by atoms with Crippen LogP contribution in [-0.4, -0.2) is 22.7 Å². The third-order valence-corrected chi connectivity index (χ3v) is 3.11. The topological polar surface area (TPSA) is 75.4 Å². The first-order valence-electron chi connectivity index (χ1n) is 6.80. The number of halogens is 1. The van der Waals surface area contributed by atoms with Crippen molar-refractivity contribution in [3.8, 4) is 0 Å². The Hall–Kier alpha value is -2.37. The summed E-state index contributed by atoms with van der Waals surface area (Å²) in [5, 5.41) is 10.7. The Kier molecular flexibility index (Phi) is 4.92. The van der Waals surface area contributed by atoms with E-state index in [1.807, 2.05) is 0 Å². The van der Waals surface area contributed by atoms with Crippen molar-refractivity contribution in [1.82, 2.24) is 10.3 Å². The lowest BCUT2D eigenvalue weighted by atomic mass is 10.1. The van der Waals surface area contributed by atoms with Gasteiger partial charge in [0.1, 0.15) is 5.52 Å². The van der Waals surface area contributed by atoms with Crippen molar-refractivity contribution >= 4 is 22.8 Å². The summed E-state index contributed by atoms with van der Waals surface area (Å²) in [7, 11) is 0. The first-order valence-corrected chi connectivity index (χ1v) is 6.80. The average Bonchev–Trinajstić information content (AvgIpc) is 2.87. The van der Waals surface area contributed by atoms with Crippen LogP contribution < -0.4 is 5.32 Å². The van der Waals surface area contributed by atoms with Crippen molar-refractivity contribution in [1.29, 1.82) is 0 Å². The maximum atomic E-state index is 12.9. The van der Waals surface area contributed by atoms with E-state index < -0.39 is 6.09 Å². The minimum absolute atomic E-state index is 0.103. The number of fused-ring (bicyclic) bond motifs is 1. The normalized spacial score (nSPS) is 11.8. The number of amides is 1. The highest BCUT2D eigenvalue weighted by Gasteiger charge is 2.09. The number of carbonyl (C=O) groups is 1. The summed E-state index contributed by atoms with van der Waals surface area (Å²) in [6, 6.07) is 5.12. The van der Waals surface area contributed by atoms with Gasteiger partial charge in [0.15, 0.2) is 11.5 Å². The van der Waals surface area contributed by atoms with Crippen molar-refractivity contribution in [2.45, 2.75) is 26.2 Å². The molecule has 0 atom stereocenters. The lowest BCUT2D eigenvalue weighted by Crippen LogP contribution is -2.22. The van der Waals surface area contributed by atoms with Crippen LogP contribution in [0, 0.1) is 0 Å². The molecule has 0 aliphatic carbocycles. The third kappa shape index (κ3) is 3.81. The third-order valence-electron chi connectivity index (χ3n) is 3.11. The number of carboxylic acid groups (broad SMARTS) is 1. The molecule has 1 aromatic carbocycles. The predicted octanol–water partition coefficient (Wildman–Crippen LogP) is 3.75. The summed E-state index contributed by atoms with van der Waals surface area (Å²) in [5.74, 6) is 0.665. The summed E-state index contributed by atoms with van der Waals surface area (Å²) in [6.07, 6.45) is 2.02. The molecule has 5 nitrogen and oxygen atoms in total. The van der Waals surface area contributed by atoms with E-state index in [9.17, 15) is 9.18 Å². The zero-order valence-corrected chi connectivity index (χ0v) is 11.7. The monoisotopic (exact) mass is 292 g/mol. The molecular formula is C15H17FN2O3. The summed E-state index contributed by atoms with van der Waals surface area (Å²) in [4.78, 5) is 14.8. The Labute approximate surface area is 121 Å². The van der Waals surface area contributed by atoms with Crippen LogP contribution >= 0.6 is 0 Å². The molecule has 0 radical (unpaired) electrons. The molecule has 0 aliphatic heterocycles. The van der Waals surface area contributed by atoms with Crippen molar-refractivity contribution < 1.29 is 18.7 Å². The van der Waals surface area contributed by atoms with E-state index in [1.54, 1.807) is 18.2 Å². The van der Waals surface area contributed by atoms with Gasteiger partial charge in [-0.1, -0.05) is 19.4 Å². The number of oxazole rings is 1. The second-order valence-corrected chi connectivity index (χ2v) is 4.69. The fraction of sp³-hybridized carbons (Fsp3) is 0.333. The van der Waals surface area contributed by atoms with Crippen LogP contribution in [0.4, 0.5) is 9.18 Å². The Bertz CT molecular complexity index is 664. The predicted molar refractivity (Wildman–Crippen MR) is 77.7 cm³/mol. The maximum absolute atomic E-state index is 12.9. The van der Waals surface area contributed by atoms with Gasteiger partial charge in [-0.15, -0.1) is 0 Å². The number of hydrogen-bond donors (Lipinski definition) is 2. The van der Waals surface area contributed by atoms with Gasteiger partial charge in [-0.3, -0.25) is 0 Å². The first kappa shape index (κ1) is 15.0. The molecule has 0 saturated heterocycles. The molecule has 1 heterocycles. The maximum Gasteiger partial charge on any atom is 0.404 e. The standard InChI is InChI=1S/C15H17FN2O3/c1-2-3-4-14-18-12-6-5-10(7-13(12)21-14)11(8-16)9-17-15(19)20/h5-8,17H,2-4,9H2,1H3,(H,19,20)/b11-8+. The van der Waals surface area contributed by atoms with Gasteiger partial charge in [0.05, 0.1) is 6.33 Å². The van der Waals surface area contributed by atoms with Crippen LogP contribution in [0.3, 0.4) is 0 Å². The Balaban J connectivity index is 2.22. The molecule has 1 aromatic heterocycles. The number of hydrogen-bond acceptors (Lipinski definition) is 3.